The number of nitrogens with zero attached hydrogens (tertiary/aromatic N) is 1. The van der Waals surface area contributed by atoms with Crippen LogP contribution in [-0.2, 0) is 42.2 Å². The molecule has 0 fully saturated rings. The van der Waals surface area contributed by atoms with Crippen LogP contribution in [0.2, 0.25) is 0 Å². The number of phosphoric ester groups is 1. The molecule has 0 aliphatic carbocycles. The quantitative estimate of drug-likeness (QED) is 0.0116. The lowest BCUT2D eigenvalue weighted by molar-refractivity contribution is -0.870. The summed E-state index contributed by atoms with van der Waals surface area (Å²) in [6.45, 7) is 4.13. The summed E-state index contributed by atoms with van der Waals surface area (Å²) in [7, 11) is 1.09. The van der Waals surface area contributed by atoms with Crippen LogP contribution < -0.4 is 4.89 Å². The zero-order valence-corrected chi connectivity index (χ0v) is 34.3. The van der Waals surface area contributed by atoms with Crippen molar-refractivity contribution in [1.29, 1.82) is 0 Å². The van der Waals surface area contributed by atoms with E-state index in [4.69, 9.17) is 23.3 Å². The fourth-order valence-electron chi connectivity index (χ4n) is 5.27. The van der Waals surface area contributed by atoms with E-state index in [-0.39, 0.29) is 32.0 Å². The van der Waals surface area contributed by atoms with Crippen LogP contribution >= 0.6 is 7.82 Å². The second-order valence-electron chi connectivity index (χ2n) is 14.7. The van der Waals surface area contributed by atoms with Crippen LogP contribution in [0.4, 0.5) is 0 Å². The Bertz CT molecular complexity index is 1010. The van der Waals surface area contributed by atoms with Crippen molar-refractivity contribution in [3.05, 3.63) is 24.3 Å². The first-order chi connectivity index (χ1) is 24.9. The van der Waals surface area contributed by atoms with Crippen LogP contribution in [0.1, 0.15) is 155 Å². The number of rotatable bonds is 36. The number of carbonyl (C=O) groups is 3. The van der Waals surface area contributed by atoms with E-state index in [0.29, 0.717) is 24.1 Å². The smallest absolute Gasteiger partial charge is 0.330 e. The Balaban J connectivity index is 4.42. The molecule has 0 aromatic heterocycles. The largest absolute Gasteiger partial charge is 0.756 e. The highest BCUT2D eigenvalue weighted by atomic mass is 31.2. The number of phosphoric acid groups is 1. The fourth-order valence-corrected chi connectivity index (χ4v) is 5.99. The molecule has 0 aliphatic heterocycles. The molecule has 2 unspecified atom stereocenters. The van der Waals surface area contributed by atoms with Gasteiger partial charge in [0.25, 0.3) is 7.82 Å². The van der Waals surface area contributed by atoms with Gasteiger partial charge in [-0.15, -0.1) is 0 Å². The van der Waals surface area contributed by atoms with Crippen molar-refractivity contribution in [2.24, 2.45) is 0 Å². The van der Waals surface area contributed by atoms with E-state index in [1.165, 1.54) is 70.3 Å². The Hall–Kier alpha value is -2.04. The predicted octanol–water partition coefficient (Wildman–Crippen LogP) is 8.93. The zero-order chi connectivity index (χ0) is 38.8. The number of hydrogen-bond donors (Lipinski definition) is 0. The molecule has 0 saturated carbocycles. The third kappa shape index (κ3) is 36.3. The van der Waals surface area contributed by atoms with Crippen LogP contribution in [0.15, 0.2) is 24.3 Å². The first-order valence-corrected chi connectivity index (χ1v) is 21.6. The van der Waals surface area contributed by atoms with E-state index < -0.39 is 32.5 Å². The molecule has 0 aromatic rings. The van der Waals surface area contributed by atoms with Gasteiger partial charge < -0.3 is 32.6 Å². The van der Waals surface area contributed by atoms with Gasteiger partial charge in [0.05, 0.1) is 34.4 Å². The molecule has 304 valence electrons. The maximum absolute atomic E-state index is 12.6. The summed E-state index contributed by atoms with van der Waals surface area (Å²) in [5.41, 5.74) is 0. The summed E-state index contributed by atoms with van der Waals surface area (Å²) < 4.78 is 38.8. The lowest BCUT2D eigenvalue weighted by Gasteiger charge is -2.28. The van der Waals surface area contributed by atoms with Gasteiger partial charge in [-0.25, -0.2) is 4.79 Å². The van der Waals surface area contributed by atoms with Crippen LogP contribution in [0.5, 0.6) is 0 Å². The normalized spacial score (nSPS) is 13.7. The van der Waals surface area contributed by atoms with Gasteiger partial charge in [0, 0.05) is 18.9 Å². The molecule has 0 rings (SSSR count). The number of esters is 3. The van der Waals surface area contributed by atoms with E-state index >= 15 is 0 Å². The Morgan fingerprint density at radius 2 is 1.13 bits per heavy atom. The van der Waals surface area contributed by atoms with E-state index in [1.54, 1.807) is 12.2 Å². The lowest BCUT2D eigenvalue weighted by Crippen LogP contribution is -2.37. The molecule has 0 amide bonds. The molecule has 0 heterocycles. The van der Waals surface area contributed by atoms with Crippen molar-refractivity contribution >= 4 is 25.7 Å². The van der Waals surface area contributed by atoms with Gasteiger partial charge in [0.1, 0.15) is 19.8 Å². The molecular formula is C40H74NO10P. The molecule has 0 aromatic carbocycles. The molecule has 0 N–H and O–H groups in total. The minimum atomic E-state index is -4.64. The van der Waals surface area contributed by atoms with E-state index in [0.717, 1.165) is 57.8 Å². The number of likely N-dealkylation sites (N-methyl/N-ethyl adjacent to an activating group) is 1. The van der Waals surface area contributed by atoms with E-state index in [1.807, 2.05) is 34.1 Å². The molecule has 0 saturated heterocycles. The number of hydrogen-bond acceptors (Lipinski definition) is 10. The average Bonchev–Trinajstić information content (AvgIpc) is 3.08. The Kier molecular flexibility index (Phi) is 32.2. The predicted molar refractivity (Wildman–Crippen MR) is 205 cm³/mol. The van der Waals surface area contributed by atoms with Gasteiger partial charge in [-0.05, 0) is 26.2 Å². The molecule has 0 aliphatic rings. The topological polar surface area (TPSA) is 137 Å². The number of unbranched alkanes of at least 4 members (excludes halogenated alkanes) is 18. The highest BCUT2D eigenvalue weighted by Gasteiger charge is 2.21. The lowest BCUT2D eigenvalue weighted by atomic mass is 10.0. The van der Waals surface area contributed by atoms with Crippen LogP contribution in [0, 0.1) is 0 Å². The highest BCUT2D eigenvalue weighted by molar-refractivity contribution is 7.45. The van der Waals surface area contributed by atoms with Gasteiger partial charge in [-0.1, -0.05) is 134 Å². The number of ether oxygens (including phenoxy) is 3. The molecule has 11 nitrogen and oxygen atoms in total. The van der Waals surface area contributed by atoms with Crippen molar-refractivity contribution < 1.29 is 51.6 Å². The van der Waals surface area contributed by atoms with Crippen molar-refractivity contribution in [3.63, 3.8) is 0 Å². The molecule has 0 bridgehead atoms. The second-order valence-corrected chi connectivity index (χ2v) is 16.1. The summed E-state index contributed by atoms with van der Waals surface area (Å²) >= 11 is 0. The summed E-state index contributed by atoms with van der Waals surface area (Å²) in [5.74, 6) is -1.25. The molecule has 12 heteroatoms. The Morgan fingerprint density at radius 1 is 0.635 bits per heavy atom. The molecule has 0 radical (unpaired) electrons. The Morgan fingerprint density at radius 3 is 1.65 bits per heavy atom. The minimum absolute atomic E-state index is 0.0506. The standard InChI is InChI=1S/C40H74NO10P/c1-6-8-10-11-12-13-14-15-16-17-19-22-26-30-39(43)48-35-37(36-50-52(45,46)49-34-32-41(3,4)5)51-40(44)31-27-23-20-18-21-24-28-33-47-38(42)29-25-9-7-2/h7,9,25,29,37H,6,8,10-24,26-28,30-36H2,1-5H3/b9-7+,29-25+. The minimum Gasteiger partial charge on any atom is -0.756 e. The summed E-state index contributed by atoms with van der Waals surface area (Å²) in [5, 5.41) is 0. The molecule has 0 spiro atoms. The van der Waals surface area contributed by atoms with Crippen LogP contribution in [-0.4, -0.2) is 82.6 Å². The second kappa shape index (κ2) is 33.5. The number of allylic oxidation sites excluding steroid dienone is 3. The van der Waals surface area contributed by atoms with E-state index in [2.05, 4.69) is 6.92 Å². The van der Waals surface area contributed by atoms with E-state index in [9.17, 15) is 23.8 Å². The number of carbonyl (C=O) groups excluding carboxylic acids is 3. The van der Waals surface area contributed by atoms with Gasteiger partial charge >= 0.3 is 17.9 Å². The zero-order valence-electron chi connectivity index (χ0n) is 33.5. The fraction of sp³-hybridized carbons (Fsp3) is 0.825. The first kappa shape index (κ1) is 50.0. The Labute approximate surface area is 316 Å². The summed E-state index contributed by atoms with van der Waals surface area (Å²) in [4.78, 5) is 48.9. The van der Waals surface area contributed by atoms with Gasteiger partial charge in [0.2, 0.25) is 0 Å². The van der Waals surface area contributed by atoms with Crippen LogP contribution in [0.3, 0.4) is 0 Å². The maximum Gasteiger partial charge on any atom is 0.330 e. The highest BCUT2D eigenvalue weighted by Crippen LogP contribution is 2.38. The molecule has 52 heavy (non-hydrogen) atoms. The van der Waals surface area contributed by atoms with Crippen molar-refractivity contribution in [2.45, 2.75) is 161 Å². The van der Waals surface area contributed by atoms with Crippen molar-refractivity contribution in [1.82, 2.24) is 0 Å². The SMILES string of the molecule is C/C=C/C=C/C(=O)OCCCCCCCCCC(=O)OC(COC(=O)CCCCCCCCCCCCCCC)COP(=O)([O-])OCC[N+](C)(C)C. The first-order valence-electron chi connectivity index (χ1n) is 20.1. The van der Waals surface area contributed by atoms with Crippen molar-refractivity contribution in [3.8, 4) is 0 Å². The van der Waals surface area contributed by atoms with Gasteiger partial charge in [-0.2, -0.15) is 0 Å². The summed E-state index contributed by atoms with van der Waals surface area (Å²) in [6.07, 6.45) is 27.9. The molecular weight excluding hydrogens is 685 g/mol. The van der Waals surface area contributed by atoms with Gasteiger partial charge in [-0.3, -0.25) is 14.2 Å². The number of quaternary nitrogens is 1. The van der Waals surface area contributed by atoms with Crippen LogP contribution in [0.25, 0.3) is 0 Å². The van der Waals surface area contributed by atoms with Gasteiger partial charge in [0.15, 0.2) is 6.10 Å². The summed E-state index contributed by atoms with van der Waals surface area (Å²) in [6, 6.07) is 0. The monoisotopic (exact) mass is 760 g/mol. The van der Waals surface area contributed by atoms with Crippen molar-refractivity contribution in [2.75, 3.05) is 54.1 Å². The maximum atomic E-state index is 12.6. The third-order valence-electron chi connectivity index (χ3n) is 8.45. The third-order valence-corrected chi connectivity index (χ3v) is 9.41. The average molecular weight is 760 g/mol. The molecule has 2 atom stereocenters.